The molecular formula is C38H33N3O2. The van der Waals surface area contributed by atoms with Gasteiger partial charge in [0.2, 0.25) is 0 Å². The molecule has 2 aromatic heterocycles. The largest absolute Gasteiger partial charge is 0.497 e. The van der Waals surface area contributed by atoms with Crippen LogP contribution in [0.1, 0.15) is 54.4 Å². The zero-order valence-electron chi connectivity index (χ0n) is 25.0. The topological polar surface area (TPSA) is 59.9 Å². The van der Waals surface area contributed by atoms with Crippen LogP contribution >= 0.6 is 0 Å². The lowest BCUT2D eigenvalue weighted by Gasteiger charge is -2.18. The highest BCUT2D eigenvalue weighted by Crippen LogP contribution is 2.26. The number of rotatable bonds is 4. The van der Waals surface area contributed by atoms with Gasteiger partial charge >= 0.3 is 0 Å². The minimum Gasteiger partial charge on any atom is -0.497 e. The first kappa shape index (κ1) is 27.8. The number of benzene rings is 4. The summed E-state index contributed by atoms with van der Waals surface area (Å²) >= 11 is 0. The number of nitrogens with one attached hydrogen (secondary N) is 1. The Morgan fingerprint density at radius 1 is 0.860 bits per heavy atom. The number of H-pyrrole nitrogens is 1. The van der Waals surface area contributed by atoms with Crippen molar-refractivity contribution in [3.8, 4) is 23.3 Å². The monoisotopic (exact) mass is 563 g/mol. The second kappa shape index (κ2) is 11.2. The van der Waals surface area contributed by atoms with E-state index in [2.05, 4.69) is 61.9 Å². The van der Waals surface area contributed by atoms with Crippen molar-refractivity contribution in [1.29, 1.82) is 0 Å². The number of aromatic amines is 1. The maximum Gasteiger partial charge on any atom is 0.266 e. The molecular weight excluding hydrogens is 530 g/mol. The predicted octanol–water partition coefficient (Wildman–Crippen LogP) is 8.05. The molecule has 0 saturated heterocycles. The molecule has 0 amide bonds. The van der Waals surface area contributed by atoms with Crippen LogP contribution in [0, 0.1) is 18.8 Å². The number of aryl methyl sites for hydroxylation is 1. The van der Waals surface area contributed by atoms with Crippen molar-refractivity contribution >= 4 is 34.0 Å². The van der Waals surface area contributed by atoms with Crippen LogP contribution in [0.2, 0.25) is 0 Å². The molecule has 6 aromatic rings. The van der Waals surface area contributed by atoms with Gasteiger partial charge < -0.3 is 9.72 Å². The van der Waals surface area contributed by atoms with Crippen LogP contribution in [0.5, 0.6) is 5.75 Å². The molecule has 1 N–H and O–H groups in total. The van der Waals surface area contributed by atoms with Crippen LogP contribution in [0.15, 0.2) is 95.9 Å². The standard InChI is InChI=1S/C38H33N3O2/c1-25-22-27(11-10-26-12-16-29(17-13-26)38(2,3)4)14-20-35(25)41-36(40-34-9-7-6-8-31(34)37(41)42)21-15-28-24-39-33-19-18-30(43-5)23-32(28)33/h6-9,12-24,39H,1-5H3. The number of nitrogens with zero attached hydrogens (tertiary/aromatic N) is 2. The zero-order chi connectivity index (χ0) is 30.1. The maximum atomic E-state index is 13.9. The Labute approximate surface area is 251 Å². The number of hydrogen-bond donors (Lipinski definition) is 1. The Hall–Kier alpha value is -5.34. The molecule has 43 heavy (non-hydrogen) atoms. The van der Waals surface area contributed by atoms with Gasteiger partial charge in [0.25, 0.3) is 5.56 Å². The highest BCUT2D eigenvalue weighted by atomic mass is 16.5. The van der Waals surface area contributed by atoms with Gasteiger partial charge in [0.1, 0.15) is 11.6 Å². The Kier molecular flexibility index (Phi) is 7.21. The van der Waals surface area contributed by atoms with E-state index in [4.69, 9.17) is 9.72 Å². The summed E-state index contributed by atoms with van der Waals surface area (Å²) in [6.07, 6.45) is 5.81. The zero-order valence-corrected chi connectivity index (χ0v) is 25.0. The number of methoxy groups -OCH3 is 1. The number of para-hydroxylation sites is 1. The minimum atomic E-state index is -0.119. The van der Waals surface area contributed by atoms with E-state index in [-0.39, 0.29) is 11.0 Å². The van der Waals surface area contributed by atoms with Gasteiger partial charge in [-0.3, -0.25) is 9.36 Å². The molecule has 5 heteroatoms. The minimum absolute atomic E-state index is 0.103. The lowest BCUT2D eigenvalue weighted by Crippen LogP contribution is -2.23. The fraction of sp³-hybridized carbons (Fsp3) is 0.158. The molecule has 0 aliphatic carbocycles. The van der Waals surface area contributed by atoms with Crippen molar-refractivity contribution in [2.75, 3.05) is 7.11 Å². The second-order valence-electron chi connectivity index (χ2n) is 11.7. The molecule has 0 aliphatic heterocycles. The molecule has 0 unspecified atom stereocenters. The van der Waals surface area contributed by atoms with Gasteiger partial charge in [0.15, 0.2) is 0 Å². The van der Waals surface area contributed by atoms with Crippen molar-refractivity contribution in [1.82, 2.24) is 14.5 Å². The summed E-state index contributed by atoms with van der Waals surface area (Å²) in [5.74, 6) is 7.89. The summed E-state index contributed by atoms with van der Waals surface area (Å²) in [6, 6.07) is 27.7. The number of hydrogen-bond acceptors (Lipinski definition) is 3. The van der Waals surface area contributed by atoms with Gasteiger partial charge in [0, 0.05) is 33.8 Å². The van der Waals surface area contributed by atoms with Gasteiger partial charge in [-0.2, -0.15) is 0 Å². The second-order valence-corrected chi connectivity index (χ2v) is 11.7. The Morgan fingerprint density at radius 2 is 1.60 bits per heavy atom. The first-order valence-electron chi connectivity index (χ1n) is 14.3. The predicted molar refractivity (Wildman–Crippen MR) is 177 cm³/mol. The third kappa shape index (κ3) is 5.60. The summed E-state index contributed by atoms with van der Waals surface area (Å²) in [7, 11) is 1.66. The van der Waals surface area contributed by atoms with Crippen LogP contribution < -0.4 is 10.3 Å². The van der Waals surface area contributed by atoms with Crippen LogP contribution in [-0.4, -0.2) is 21.6 Å². The molecule has 0 atom stereocenters. The van der Waals surface area contributed by atoms with E-state index in [0.717, 1.165) is 44.6 Å². The van der Waals surface area contributed by atoms with Crippen molar-refractivity contribution in [3.05, 3.63) is 135 Å². The molecule has 212 valence electrons. The van der Waals surface area contributed by atoms with Crippen LogP contribution in [0.3, 0.4) is 0 Å². The van der Waals surface area contributed by atoms with Gasteiger partial charge in [-0.05, 0) is 96.3 Å². The van der Waals surface area contributed by atoms with E-state index in [1.54, 1.807) is 11.7 Å². The van der Waals surface area contributed by atoms with E-state index in [0.29, 0.717) is 16.7 Å². The number of fused-ring (bicyclic) bond motifs is 2. The molecule has 0 radical (unpaired) electrons. The molecule has 0 fully saturated rings. The third-order valence-electron chi connectivity index (χ3n) is 7.67. The summed E-state index contributed by atoms with van der Waals surface area (Å²) in [5.41, 5.74) is 7.44. The fourth-order valence-electron chi connectivity index (χ4n) is 5.23. The van der Waals surface area contributed by atoms with Gasteiger partial charge in [-0.15, -0.1) is 0 Å². The van der Waals surface area contributed by atoms with Crippen molar-refractivity contribution in [2.24, 2.45) is 0 Å². The van der Waals surface area contributed by atoms with Crippen molar-refractivity contribution in [3.63, 3.8) is 0 Å². The highest BCUT2D eigenvalue weighted by Gasteiger charge is 2.14. The Bertz CT molecular complexity index is 2130. The Morgan fingerprint density at radius 3 is 2.35 bits per heavy atom. The molecule has 0 spiro atoms. The third-order valence-corrected chi connectivity index (χ3v) is 7.67. The average Bonchev–Trinajstić information content (AvgIpc) is 3.41. The van der Waals surface area contributed by atoms with E-state index in [1.807, 2.05) is 85.9 Å². The smallest absolute Gasteiger partial charge is 0.266 e. The van der Waals surface area contributed by atoms with Crippen LogP contribution in [0.4, 0.5) is 0 Å². The summed E-state index contributed by atoms with van der Waals surface area (Å²) < 4.78 is 7.11. The molecule has 5 nitrogen and oxygen atoms in total. The van der Waals surface area contributed by atoms with E-state index >= 15 is 0 Å². The molecule has 6 rings (SSSR count). The first-order valence-corrected chi connectivity index (χ1v) is 14.3. The average molecular weight is 564 g/mol. The SMILES string of the molecule is COc1ccc2[nH]cc(C=Cc3nc4ccccc4c(=O)n3-c3ccc(C#Cc4ccc(C(C)(C)C)cc4)cc3C)c2c1. The van der Waals surface area contributed by atoms with E-state index < -0.39 is 0 Å². The normalized spacial score (nSPS) is 11.7. The lowest BCUT2D eigenvalue weighted by atomic mass is 9.87. The van der Waals surface area contributed by atoms with Crippen LogP contribution in [0.25, 0.3) is 39.6 Å². The quantitative estimate of drug-likeness (QED) is 0.221. The fourth-order valence-corrected chi connectivity index (χ4v) is 5.23. The highest BCUT2D eigenvalue weighted by molar-refractivity contribution is 5.92. The molecule has 0 aliphatic rings. The van der Waals surface area contributed by atoms with Gasteiger partial charge in [-0.1, -0.05) is 56.9 Å². The summed E-state index contributed by atoms with van der Waals surface area (Å²) in [5, 5.41) is 1.59. The Balaban J connectivity index is 1.40. The number of aromatic nitrogens is 3. The van der Waals surface area contributed by atoms with E-state index in [1.165, 1.54) is 5.56 Å². The van der Waals surface area contributed by atoms with Gasteiger partial charge in [0.05, 0.1) is 23.7 Å². The van der Waals surface area contributed by atoms with Crippen molar-refractivity contribution in [2.45, 2.75) is 33.1 Å². The molecule has 2 heterocycles. The maximum absolute atomic E-state index is 13.9. The molecule has 4 aromatic carbocycles. The first-order chi connectivity index (χ1) is 20.7. The molecule has 0 saturated carbocycles. The summed E-state index contributed by atoms with van der Waals surface area (Å²) in [6.45, 7) is 8.61. The van der Waals surface area contributed by atoms with E-state index in [9.17, 15) is 4.79 Å². The lowest BCUT2D eigenvalue weighted by molar-refractivity contribution is 0.415. The number of ether oxygens (including phenoxy) is 1. The van der Waals surface area contributed by atoms with Gasteiger partial charge in [-0.25, -0.2) is 4.98 Å². The van der Waals surface area contributed by atoms with Crippen molar-refractivity contribution < 1.29 is 4.74 Å². The summed E-state index contributed by atoms with van der Waals surface area (Å²) in [4.78, 5) is 22.1. The molecule has 0 bridgehead atoms. The van der Waals surface area contributed by atoms with Crippen LogP contribution in [-0.2, 0) is 5.41 Å².